The predicted molar refractivity (Wildman–Crippen MR) is 117 cm³/mol. The first-order valence-corrected chi connectivity index (χ1v) is 9.46. The van der Waals surface area contributed by atoms with Crippen LogP contribution in [-0.4, -0.2) is 17.5 Å². The molecule has 0 bridgehead atoms. The number of hydrogen-bond donors (Lipinski definition) is 2. The van der Waals surface area contributed by atoms with E-state index in [2.05, 4.69) is 15.8 Å². The van der Waals surface area contributed by atoms with Crippen LogP contribution in [0.25, 0.3) is 0 Å². The number of amides is 2. The minimum absolute atomic E-state index is 0.271. The van der Waals surface area contributed by atoms with Gasteiger partial charge < -0.3 is 5.32 Å². The van der Waals surface area contributed by atoms with Gasteiger partial charge in [0.05, 0.1) is 16.3 Å². The molecule has 0 saturated heterocycles. The van der Waals surface area contributed by atoms with Gasteiger partial charge in [-0.25, -0.2) is 5.43 Å². The third-order valence-electron chi connectivity index (χ3n) is 4.08. The highest BCUT2D eigenvalue weighted by atomic mass is 35.5. The molecule has 5 nitrogen and oxygen atoms in total. The van der Waals surface area contributed by atoms with Crippen LogP contribution < -0.4 is 10.7 Å². The van der Waals surface area contributed by atoms with Gasteiger partial charge in [-0.05, 0) is 55.0 Å². The van der Waals surface area contributed by atoms with Crippen LogP contribution in [0.1, 0.15) is 33.2 Å². The quantitative estimate of drug-likeness (QED) is 0.424. The molecule has 0 aromatic heterocycles. The summed E-state index contributed by atoms with van der Waals surface area (Å²) in [6.07, 6.45) is 0. The molecule has 0 aliphatic heterocycles. The lowest BCUT2D eigenvalue weighted by Gasteiger charge is -2.09. The number of halogens is 2. The molecule has 29 heavy (non-hydrogen) atoms. The van der Waals surface area contributed by atoms with Crippen molar-refractivity contribution in [2.75, 3.05) is 5.32 Å². The zero-order valence-corrected chi connectivity index (χ0v) is 17.0. The van der Waals surface area contributed by atoms with Crippen LogP contribution in [0.5, 0.6) is 0 Å². The molecule has 0 aliphatic rings. The van der Waals surface area contributed by atoms with Crippen LogP contribution in [0.4, 0.5) is 5.69 Å². The molecule has 0 radical (unpaired) electrons. The number of carbonyl (C=O) groups excluding carboxylic acids is 2. The second kappa shape index (κ2) is 9.37. The Kier molecular flexibility index (Phi) is 6.65. The van der Waals surface area contributed by atoms with E-state index >= 15 is 0 Å². The molecule has 0 atom stereocenters. The Balaban J connectivity index is 1.71. The number of anilines is 1. The molecule has 3 rings (SSSR count). The van der Waals surface area contributed by atoms with Crippen LogP contribution in [0.2, 0.25) is 10.0 Å². The third-order valence-corrected chi connectivity index (χ3v) is 4.62. The lowest BCUT2D eigenvalue weighted by Crippen LogP contribution is -2.19. The van der Waals surface area contributed by atoms with Gasteiger partial charge in [-0.3, -0.25) is 9.59 Å². The lowest BCUT2D eigenvalue weighted by molar-refractivity contribution is 0.0954. The zero-order valence-electron chi connectivity index (χ0n) is 15.4. The van der Waals surface area contributed by atoms with Crippen molar-refractivity contribution in [3.63, 3.8) is 0 Å². The van der Waals surface area contributed by atoms with Gasteiger partial charge in [0.2, 0.25) is 0 Å². The monoisotopic (exact) mass is 425 g/mol. The van der Waals surface area contributed by atoms with Gasteiger partial charge in [-0.1, -0.05) is 53.5 Å². The predicted octanol–water partition coefficient (Wildman–Crippen LogP) is 5.40. The molecule has 0 saturated carbocycles. The number of hydrogen-bond acceptors (Lipinski definition) is 3. The molecule has 0 heterocycles. The SMILES string of the molecule is C/C(=N\NC(=O)c1ccccc1)c1cccc(NC(=O)c2ccc(Cl)cc2Cl)c1. The first-order chi connectivity index (χ1) is 13.9. The van der Waals surface area contributed by atoms with Crippen molar-refractivity contribution in [2.45, 2.75) is 6.92 Å². The molecule has 2 N–H and O–H groups in total. The van der Waals surface area contributed by atoms with Crippen molar-refractivity contribution in [1.82, 2.24) is 5.43 Å². The van der Waals surface area contributed by atoms with Crippen molar-refractivity contribution in [2.24, 2.45) is 5.10 Å². The largest absolute Gasteiger partial charge is 0.322 e. The zero-order chi connectivity index (χ0) is 20.8. The van der Waals surface area contributed by atoms with E-state index in [4.69, 9.17) is 23.2 Å². The molecule has 0 spiro atoms. The summed E-state index contributed by atoms with van der Waals surface area (Å²) < 4.78 is 0. The number of rotatable bonds is 5. The summed E-state index contributed by atoms with van der Waals surface area (Å²) >= 11 is 12.0. The topological polar surface area (TPSA) is 70.6 Å². The Bertz CT molecular complexity index is 1080. The number of nitrogens with one attached hydrogen (secondary N) is 2. The maximum atomic E-state index is 12.5. The van der Waals surface area contributed by atoms with Crippen LogP contribution in [0.3, 0.4) is 0 Å². The molecule has 3 aromatic carbocycles. The van der Waals surface area contributed by atoms with Crippen LogP contribution in [0, 0.1) is 0 Å². The average Bonchev–Trinajstić information content (AvgIpc) is 2.72. The maximum Gasteiger partial charge on any atom is 0.271 e. The molecule has 146 valence electrons. The van der Waals surface area contributed by atoms with Gasteiger partial charge in [0.1, 0.15) is 0 Å². The highest BCUT2D eigenvalue weighted by Gasteiger charge is 2.12. The number of hydrazone groups is 1. The second-order valence-corrected chi connectivity index (χ2v) is 7.01. The molecule has 7 heteroatoms. The van der Waals surface area contributed by atoms with Gasteiger partial charge in [-0.15, -0.1) is 0 Å². The van der Waals surface area contributed by atoms with E-state index in [-0.39, 0.29) is 16.8 Å². The number of carbonyl (C=O) groups is 2. The van der Waals surface area contributed by atoms with Gasteiger partial charge in [0.15, 0.2) is 0 Å². The van der Waals surface area contributed by atoms with Crippen molar-refractivity contribution in [1.29, 1.82) is 0 Å². The Hall–Kier alpha value is -3.15. The Morgan fingerprint density at radius 3 is 2.28 bits per heavy atom. The van der Waals surface area contributed by atoms with Crippen molar-refractivity contribution in [3.05, 3.63) is 99.5 Å². The van der Waals surface area contributed by atoms with E-state index in [1.165, 1.54) is 6.07 Å². The molecule has 2 amide bonds. The molecule has 3 aromatic rings. The summed E-state index contributed by atoms with van der Waals surface area (Å²) in [6.45, 7) is 1.77. The third kappa shape index (κ3) is 5.44. The Labute approximate surface area is 178 Å². The number of nitrogens with zero attached hydrogens (tertiary/aromatic N) is 1. The van der Waals surface area contributed by atoms with Gasteiger partial charge in [-0.2, -0.15) is 5.10 Å². The Morgan fingerprint density at radius 2 is 1.55 bits per heavy atom. The van der Waals surface area contributed by atoms with Gasteiger partial charge in [0, 0.05) is 16.3 Å². The molecule has 0 unspecified atom stereocenters. The fourth-order valence-corrected chi connectivity index (χ4v) is 3.04. The first kappa shape index (κ1) is 20.6. The van der Waals surface area contributed by atoms with Crippen LogP contribution in [-0.2, 0) is 0 Å². The van der Waals surface area contributed by atoms with E-state index in [0.29, 0.717) is 27.5 Å². The van der Waals surface area contributed by atoms with Gasteiger partial charge >= 0.3 is 0 Å². The highest BCUT2D eigenvalue weighted by Crippen LogP contribution is 2.22. The van der Waals surface area contributed by atoms with Crippen LogP contribution in [0.15, 0.2) is 77.9 Å². The molecular formula is C22H17Cl2N3O2. The maximum absolute atomic E-state index is 12.5. The molecule has 0 aliphatic carbocycles. The summed E-state index contributed by atoms with van der Waals surface area (Å²) in [6, 6.07) is 20.6. The normalized spacial score (nSPS) is 11.1. The first-order valence-electron chi connectivity index (χ1n) is 8.70. The average molecular weight is 426 g/mol. The van der Waals surface area contributed by atoms with Crippen molar-refractivity contribution >= 4 is 46.4 Å². The van der Waals surface area contributed by atoms with E-state index in [0.717, 1.165) is 5.56 Å². The summed E-state index contributed by atoms with van der Waals surface area (Å²) in [4.78, 5) is 24.6. The second-order valence-electron chi connectivity index (χ2n) is 6.16. The summed E-state index contributed by atoms with van der Waals surface area (Å²) in [7, 11) is 0. The van der Waals surface area contributed by atoms with Crippen molar-refractivity contribution < 1.29 is 9.59 Å². The Morgan fingerprint density at radius 1 is 0.828 bits per heavy atom. The van der Waals surface area contributed by atoms with E-state index in [1.54, 1.807) is 61.5 Å². The standard InChI is InChI=1S/C22H17Cl2N3O2/c1-14(26-27-21(28)15-6-3-2-4-7-15)16-8-5-9-18(12-16)25-22(29)19-11-10-17(23)13-20(19)24/h2-13H,1H3,(H,25,29)(H,27,28)/b26-14+. The minimum Gasteiger partial charge on any atom is -0.322 e. The fraction of sp³-hybridized carbons (Fsp3) is 0.0455. The smallest absolute Gasteiger partial charge is 0.271 e. The minimum atomic E-state index is -0.351. The lowest BCUT2D eigenvalue weighted by atomic mass is 10.1. The van der Waals surface area contributed by atoms with Crippen molar-refractivity contribution in [3.8, 4) is 0 Å². The van der Waals surface area contributed by atoms with E-state index in [9.17, 15) is 9.59 Å². The number of benzene rings is 3. The summed E-state index contributed by atoms with van der Waals surface area (Å²) in [5, 5.41) is 7.66. The van der Waals surface area contributed by atoms with E-state index < -0.39 is 0 Å². The fourth-order valence-electron chi connectivity index (χ4n) is 2.55. The summed E-state index contributed by atoms with van der Waals surface area (Å²) in [5.41, 5.74) is 5.28. The highest BCUT2D eigenvalue weighted by molar-refractivity contribution is 6.37. The molecular weight excluding hydrogens is 409 g/mol. The van der Waals surface area contributed by atoms with Gasteiger partial charge in [0.25, 0.3) is 11.8 Å². The summed E-state index contributed by atoms with van der Waals surface area (Å²) in [5.74, 6) is -0.650. The van der Waals surface area contributed by atoms with Crippen LogP contribution >= 0.6 is 23.2 Å². The molecule has 0 fully saturated rings. The van der Waals surface area contributed by atoms with E-state index in [1.807, 2.05) is 12.1 Å².